The molecule has 2 amide bonds. The fourth-order valence-electron chi connectivity index (χ4n) is 1.82. The summed E-state index contributed by atoms with van der Waals surface area (Å²) in [6, 6.07) is 5.47. The maximum Gasteiger partial charge on any atom is 0.224 e. The van der Waals surface area contributed by atoms with Crippen molar-refractivity contribution in [1.29, 1.82) is 0 Å². The maximum absolute atomic E-state index is 11.7. The van der Waals surface area contributed by atoms with Crippen LogP contribution >= 0.6 is 0 Å². The van der Waals surface area contributed by atoms with Crippen LogP contribution in [0.3, 0.4) is 0 Å². The maximum atomic E-state index is 11.7. The van der Waals surface area contributed by atoms with E-state index in [0.717, 1.165) is 23.4 Å². The molecule has 5 nitrogen and oxygen atoms in total. The minimum atomic E-state index is -0.0596. The van der Waals surface area contributed by atoms with Crippen molar-refractivity contribution in [3.05, 3.63) is 23.8 Å². The van der Waals surface area contributed by atoms with Crippen LogP contribution in [0.5, 0.6) is 0 Å². The Morgan fingerprint density at radius 3 is 2.15 bits per heavy atom. The summed E-state index contributed by atoms with van der Waals surface area (Å²) in [5.74, 6) is -0.0715. The van der Waals surface area contributed by atoms with Gasteiger partial charge in [-0.1, -0.05) is 13.0 Å². The van der Waals surface area contributed by atoms with E-state index in [0.29, 0.717) is 25.8 Å². The summed E-state index contributed by atoms with van der Waals surface area (Å²) in [5, 5.41) is 5.70. The predicted octanol–water partition coefficient (Wildman–Crippen LogP) is 2.41. The van der Waals surface area contributed by atoms with Crippen molar-refractivity contribution >= 4 is 23.2 Å². The Morgan fingerprint density at radius 1 is 1.10 bits per heavy atom. The first-order valence-corrected chi connectivity index (χ1v) is 6.97. The van der Waals surface area contributed by atoms with Gasteiger partial charge in [-0.2, -0.15) is 0 Å². The number of benzene rings is 1. The van der Waals surface area contributed by atoms with Gasteiger partial charge < -0.3 is 16.4 Å². The molecule has 4 N–H and O–H groups in total. The van der Waals surface area contributed by atoms with E-state index in [2.05, 4.69) is 10.6 Å². The van der Waals surface area contributed by atoms with Gasteiger partial charge in [0.05, 0.1) is 0 Å². The molecule has 0 fully saturated rings. The molecule has 0 saturated carbocycles. The lowest BCUT2D eigenvalue weighted by molar-refractivity contribution is -0.117. The monoisotopic (exact) mass is 277 g/mol. The Kier molecular flexibility index (Phi) is 6.73. The van der Waals surface area contributed by atoms with Gasteiger partial charge >= 0.3 is 0 Å². The summed E-state index contributed by atoms with van der Waals surface area (Å²) in [4.78, 5) is 23.3. The van der Waals surface area contributed by atoms with Gasteiger partial charge in [0.25, 0.3) is 0 Å². The zero-order chi connectivity index (χ0) is 15.0. The predicted molar refractivity (Wildman–Crippen MR) is 81.6 cm³/mol. The lowest BCUT2D eigenvalue weighted by Gasteiger charge is -2.13. The first kappa shape index (κ1) is 16.2. The highest BCUT2D eigenvalue weighted by Crippen LogP contribution is 2.23. The van der Waals surface area contributed by atoms with E-state index in [1.165, 1.54) is 0 Å². The molecule has 0 aromatic heterocycles. The van der Waals surface area contributed by atoms with E-state index >= 15 is 0 Å². The smallest absolute Gasteiger partial charge is 0.224 e. The molecule has 0 aliphatic rings. The normalized spacial score (nSPS) is 10.2. The first-order valence-electron chi connectivity index (χ1n) is 6.97. The number of carbonyl (C=O) groups excluding carboxylic acids is 2. The third kappa shape index (κ3) is 5.01. The molecule has 110 valence electrons. The van der Waals surface area contributed by atoms with E-state index in [9.17, 15) is 9.59 Å². The highest BCUT2D eigenvalue weighted by Gasteiger charge is 2.09. The van der Waals surface area contributed by atoms with E-state index in [4.69, 9.17) is 5.73 Å². The average molecular weight is 277 g/mol. The van der Waals surface area contributed by atoms with Gasteiger partial charge in [0.2, 0.25) is 11.8 Å². The molecule has 0 unspecified atom stereocenters. The minimum absolute atomic E-state index is 0.0118. The minimum Gasteiger partial charge on any atom is -0.330 e. The Bertz CT molecular complexity index is 472. The van der Waals surface area contributed by atoms with Gasteiger partial charge in [-0.05, 0) is 44.0 Å². The van der Waals surface area contributed by atoms with Gasteiger partial charge in [-0.25, -0.2) is 0 Å². The van der Waals surface area contributed by atoms with E-state index < -0.39 is 0 Å². The van der Waals surface area contributed by atoms with E-state index in [1.807, 2.05) is 32.0 Å². The molecular formula is C15H23N3O2. The quantitative estimate of drug-likeness (QED) is 0.715. The van der Waals surface area contributed by atoms with Gasteiger partial charge in [-0.15, -0.1) is 0 Å². The molecule has 0 radical (unpaired) electrons. The lowest BCUT2D eigenvalue weighted by atomic mass is 10.1. The fraction of sp³-hybridized carbons (Fsp3) is 0.467. The number of anilines is 2. The number of carbonyl (C=O) groups is 2. The van der Waals surface area contributed by atoms with Crippen LogP contribution in [-0.2, 0) is 9.59 Å². The van der Waals surface area contributed by atoms with Crippen molar-refractivity contribution in [3.63, 3.8) is 0 Å². The van der Waals surface area contributed by atoms with Gasteiger partial charge in [0, 0.05) is 24.2 Å². The summed E-state index contributed by atoms with van der Waals surface area (Å²) < 4.78 is 0. The number of nitrogens with one attached hydrogen (secondary N) is 2. The average Bonchev–Trinajstić information content (AvgIpc) is 2.41. The second-order valence-corrected chi connectivity index (χ2v) is 4.72. The molecule has 0 saturated heterocycles. The van der Waals surface area contributed by atoms with Gasteiger partial charge in [0.15, 0.2) is 0 Å². The summed E-state index contributed by atoms with van der Waals surface area (Å²) in [6.07, 6.45) is 2.37. The molecule has 0 aliphatic carbocycles. The van der Waals surface area contributed by atoms with Crippen LogP contribution in [0.2, 0.25) is 0 Å². The van der Waals surface area contributed by atoms with Gasteiger partial charge in [-0.3, -0.25) is 9.59 Å². The van der Waals surface area contributed by atoms with Crippen LogP contribution in [0.1, 0.15) is 38.2 Å². The second kappa shape index (κ2) is 8.32. The van der Waals surface area contributed by atoms with Crippen LogP contribution in [0.25, 0.3) is 0 Å². The second-order valence-electron chi connectivity index (χ2n) is 4.72. The number of rotatable bonds is 7. The zero-order valence-electron chi connectivity index (χ0n) is 12.2. The van der Waals surface area contributed by atoms with Crippen LogP contribution in [0.15, 0.2) is 18.2 Å². The molecule has 5 heteroatoms. The van der Waals surface area contributed by atoms with Crippen LogP contribution in [-0.4, -0.2) is 18.4 Å². The molecule has 1 aromatic rings. The number of hydrogen-bond acceptors (Lipinski definition) is 3. The zero-order valence-corrected chi connectivity index (χ0v) is 12.2. The Balaban J connectivity index is 2.74. The largest absolute Gasteiger partial charge is 0.330 e. The molecule has 1 rings (SSSR count). The van der Waals surface area contributed by atoms with Crippen molar-refractivity contribution in [1.82, 2.24) is 0 Å². The van der Waals surface area contributed by atoms with Crippen molar-refractivity contribution < 1.29 is 9.59 Å². The Hall–Kier alpha value is -1.88. The first-order chi connectivity index (χ1) is 9.58. The molecule has 0 atom stereocenters. The van der Waals surface area contributed by atoms with E-state index in [-0.39, 0.29) is 11.8 Å². The van der Waals surface area contributed by atoms with E-state index in [1.54, 1.807) is 0 Å². The Labute approximate surface area is 119 Å². The molecule has 0 heterocycles. The van der Waals surface area contributed by atoms with Crippen LogP contribution in [0, 0.1) is 6.92 Å². The molecule has 1 aromatic carbocycles. The third-order valence-corrected chi connectivity index (χ3v) is 2.97. The van der Waals surface area contributed by atoms with Crippen molar-refractivity contribution in [2.24, 2.45) is 5.73 Å². The van der Waals surface area contributed by atoms with Crippen molar-refractivity contribution in [2.75, 3.05) is 17.2 Å². The fourth-order valence-corrected chi connectivity index (χ4v) is 1.82. The lowest BCUT2D eigenvalue weighted by Crippen LogP contribution is -2.16. The summed E-state index contributed by atoms with van der Waals surface area (Å²) in [5.41, 5.74) is 7.70. The molecule has 0 bridgehead atoms. The number of amides is 2. The summed E-state index contributed by atoms with van der Waals surface area (Å²) in [6.45, 7) is 4.33. The SMILES string of the molecule is CCCC(=O)Nc1cccc(NC(=O)CCCN)c1C. The number of nitrogens with two attached hydrogens (primary N) is 1. The van der Waals surface area contributed by atoms with Crippen molar-refractivity contribution in [3.8, 4) is 0 Å². The number of hydrogen-bond donors (Lipinski definition) is 3. The molecule has 0 spiro atoms. The Morgan fingerprint density at radius 2 is 1.65 bits per heavy atom. The van der Waals surface area contributed by atoms with Gasteiger partial charge in [0.1, 0.15) is 0 Å². The highest BCUT2D eigenvalue weighted by molar-refractivity contribution is 5.95. The van der Waals surface area contributed by atoms with Crippen molar-refractivity contribution in [2.45, 2.75) is 39.5 Å². The summed E-state index contributed by atoms with van der Waals surface area (Å²) >= 11 is 0. The molecule has 0 aliphatic heterocycles. The van der Waals surface area contributed by atoms with Crippen LogP contribution in [0.4, 0.5) is 11.4 Å². The third-order valence-electron chi connectivity index (χ3n) is 2.97. The molecule has 20 heavy (non-hydrogen) atoms. The molecular weight excluding hydrogens is 254 g/mol. The topological polar surface area (TPSA) is 84.2 Å². The summed E-state index contributed by atoms with van der Waals surface area (Å²) in [7, 11) is 0. The standard InChI is InChI=1S/C15H23N3O2/c1-3-6-14(19)17-12-7-4-8-13(11(12)2)18-15(20)9-5-10-16/h4,7-8H,3,5-6,9-10,16H2,1-2H3,(H,17,19)(H,18,20). The van der Waals surface area contributed by atoms with Crippen LogP contribution < -0.4 is 16.4 Å². The highest BCUT2D eigenvalue weighted by atomic mass is 16.2.